The van der Waals surface area contributed by atoms with Crippen molar-refractivity contribution < 1.29 is 4.79 Å². The van der Waals surface area contributed by atoms with Gasteiger partial charge in [-0.2, -0.15) is 0 Å². The number of anilines is 2. The molecule has 2 bridgehead atoms. The average molecular weight is 271 g/mol. The lowest BCUT2D eigenvalue weighted by molar-refractivity contribution is 0.254. The Morgan fingerprint density at radius 1 is 1.15 bits per heavy atom. The molecule has 4 nitrogen and oxygen atoms in total. The SMILES string of the molecule is CNC(=O)Nc1ccc(NCC2CC3C=CC2C3)cc1. The van der Waals surface area contributed by atoms with E-state index in [9.17, 15) is 4.79 Å². The number of carbonyl (C=O) groups excluding carboxylic acids is 1. The van der Waals surface area contributed by atoms with E-state index < -0.39 is 0 Å². The van der Waals surface area contributed by atoms with Gasteiger partial charge in [-0.25, -0.2) is 4.79 Å². The number of benzene rings is 1. The fourth-order valence-electron chi connectivity index (χ4n) is 3.24. The number of hydrogen-bond donors (Lipinski definition) is 3. The van der Waals surface area contributed by atoms with Crippen molar-refractivity contribution in [2.45, 2.75) is 12.8 Å². The van der Waals surface area contributed by atoms with Gasteiger partial charge in [0.25, 0.3) is 0 Å². The molecule has 0 spiro atoms. The summed E-state index contributed by atoms with van der Waals surface area (Å²) >= 11 is 0. The minimum atomic E-state index is -0.195. The average Bonchev–Trinajstić information content (AvgIpc) is 3.09. The molecular weight excluding hydrogens is 250 g/mol. The molecule has 20 heavy (non-hydrogen) atoms. The number of carbonyl (C=O) groups is 1. The van der Waals surface area contributed by atoms with Gasteiger partial charge in [0.05, 0.1) is 0 Å². The van der Waals surface area contributed by atoms with Crippen molar-refractivity contribution >= 4 is 17.4 Å². The number of fused-ring (bicyclic) bond motifs is 2. The Balaban J connectivity index is 1.51. The molecule has 2 aliphatic carbocycles. The Morgan fingerprint density at radius 2 is 1.90 bits per heavy atom. The van der Waals surface area contributed by atoms with Crippen LogP contribution in [0.3, 0.4) is 0 Å². The third-order valence-electron chi connectivity index (χ3n) is 4.35. The van der Waals surface area contributed by atoms with Gasteiger partial charge in [0.2, 0.25) is 0 Å². The highest BCUT2D eigenvalue weighted by molar-refractivity contribution is 5.89. The number of amides is 2. The molecule has 0 heterocycles. The molecule has 4 heteroatoms. The Hall–Kier alpha value is -1.97. The molecule has 3 unspecified atom stereocenters. The van der Waals surface area contributed by atoms with E-state index in [0.717, 1.165) is 35.7 Å². The molecule has 1 aromatic carbocycles. The number of hydrogen-bond acceptors (Lipinski definition) is 2. The van der Waals surface area contributed by atoms with Crippen molar-refractivity contribution in [2.75, 3.05) is 24.2 Å². The van der Waals surface area contributed by atoms with Crippen LogP contribution in [0, 0.1) is 17.8 Å². The second-order valence-corrected chi connectivity index (χ2v) is 5.70. The molecule has 0 aliphatic heterocycles. The maximum Gasteiger partial charge on any atom is 0.318 e. The number of nitrogens with one attached hydrogen (secondary N) is 3. The third-order valence-corrected chi connectivity index (χ3v) is 4.35. The van der Waals surface area contributed by atoms with Crippen LogP contribution in [-0.2, 0) is 0 Å². The van der Waals surface area contributed by atoms with E-state index in [-0.39, 0.29) is 6.03 Å². The van der Waals surface area contributed by atoms with Crippen molar-refractivity contribution in [3.8, 4) is 0 Å². The maximum atomic E-state index is 11.2. The molecule has 2 aliphatic rings. The molecule has 0 saturated heterocycles. The maximum absolute atomic E-state index is 11.2. The molecular formula is C16H21N3O. The van der Waals surface area contributed by atoms with Gasteiger partial charge in [-0.1, -0.05) is 12.2 Å². The monoisotopic (exact) mass is 271 g/mol. The second kappa shape index (κ2) is 5.57. The minimum absolute atomic E-state index is 0.195. The largest absolute Gasteiger partial charge is 0.385 e. The fraction of sp³-hybridized carbons (Fsp3) is 0.438. The predicted octanol–water partition coefficient (Wildman–Crippen LogP) is 3.06. The van der Waals surface area contributed by atoms with Crippen LogP contribution in [0.25, 0.3) is 0 Å². The lowest BCUT2D eigenvalue weighted by atomic mass is 9.93. The molecule has 3 rings (SSSR count). The molecule has 0 aromatic heterocycles. The van der Waals surface area contributed by atoms with Crippen molar-refractivity contribution in [3.63, 3.8) is 0 Å². The van der Waals surface area contributed by atoms with Crippen molar-refractivity contribution in [1.82, 2.24) is 5.32 Å². The zero-order valence-electron chi connectivity index (χ0n) is 11.7. The highest BCUT2D eigenvalue weighted by Crippen LogP contribution is 2.43. The zero-order chi connectivity index (χ0) is 13.9. The summed E-state index contributed by atoms with van der Waals surface area (Å²) < 4.78 is 0. The van der Waals surface area contributed by atoms with E-state index in [1.807, 2.05) is 24.3 Å². The van der Waals surface area contributed by atoms with Gasteiger partial charge in [-0.05, 0) is 54.9 Å². The minimum Gasteiger partial charge on any atom is -0.385 e. The van der Waals surface area contributed by atoms with Crippen LogP contribution >= 0.6 is 0 Å². The van der Waals surface area contributed by atoms with Crippen molar-refractivity contribution in [3.05, 3.63) is 36.4 Å². The number of urea groups is 1. The summed E-state index contributed by atoms with van der Waals surface area (Å²) in [4.78, 5) is 11.2. The van der Waals surface area contributed by atoms with Crippen LogP contribution in [0.1, 0.15) is 12.8 Å². The number of rotatable bonds is 4. The Morgan fingerprint density at radius 3 is 2.50 bits per heavy atom. The molecule has 3 N–H and O–H groups in total. The molecule has 1 fully saturated rings. The molecule has 1 saturated carbocycles. The van der Waals surface area contributed by atoms with Gasteiger partial charge in [0.15, 0.2) is 0 Å². The van der Waals surface area contributed by atoms with Crippen LogP contribution in [0.5, 0.6) is 0 Å². The fourth-order valence-corrected chi connectivity index (χ4v) is 3.24. The first-order valence-corrected chi connectivity index (χ1v) is 7.25. The van der Waals surface area contributed by atoms with E-state index in [1.165, 1.54) is 12.8 Å². The normalized spacial score (nSPS) is 26.6. The molecule has 3 atom stereocenters. The Labute approximate surface area is 119 Å². The zero-order valence-corrected chi connectivity index (χ0v) is 11.7. The summed E-state index contributed by atoms with van der Waals surface area (Å²) in [6, 6.07) is 7.65. The first-order chi connectivity index (χ1) is 9.74. The summed E-state index contributed by atoms with van der Waals surface area (Å²) in [6.07, 6.45) is 7.43. The van der Waals surface area contributed by atoms with E-state index in [2.05, 4.69) is 28.1 Å². The quantitative estimate of drug-likeness (QED) is 0.737. The summed E-state index contributed by atoms with van der Waals surface area (Å²) in [7, 11) is 1.61. The topological polar surface area (TPSA) is 53.2 Å². The lowest BCUT2D eigenvalue weighted by Crippen LogP contribution is -2.24. The van der Waals surface area contributed by atoms with E-state index >= 15 is 0 Å². The van der Waals surface area contributed by atoms with Crippen LogP contribution in [0.4, 0.5) is 16.2 Å². The highest BCUT2D eigenvalue weighted by Gasteiger charge is 2.35. The summed E-state index contributed by atoms with van der Waals surface area (Å²) in [5.74, 6) is 2.38. The van der Waals surface area contributed by atoms with Crippen LogP contribution in [-0.4, -0.2) is 19.6 Å². The van der Waals surface area contributed by atoms with Gasteiger partial charge >= 0.3 is 6.03 Å². The summed E-state index contributed by atoms with van der Waals surface area (Å²) in [5.41, 5.74) is 1.91. The van der Waals surface area contributed by atoms with Gasteiger partial charge < -0.3 is 16.0 Å². The molecule has 1 aromatic rings. The smallest absolute Gasteiger partial charge is 0.318 e. The molecule has 2 amide bonds. The highest BCUT2D eigenvalue weighted by atomic mass is 16.2. The van der Waals surface area contributed by atoms with Crippen molar-refractivity contribution in [1.29, 1.82) is 0 Å². The van der Waals surface area contributed by atoms with Crippen molar-refractivity contribution in [2.24, 2.45) is 17.8 Å². The van der Waals surface area contributed by atoms with E-state index in [4.69, 9.17) is 0 Å². The summed E-state index contributed by atoms with van der Waals surface area (Å²) in [5, 5.41) is 8.79. The summed E-state index contributed by atoms with van der Waals surface area (Å²) in [6.45, 7) is 1.04. The molecule has 106 valence electrons. The molecule has 0 radical (unpaired) electrons. The van der Waals surface area contributed by atoms with Crippen LogP contribution in [0.15, 0.2) is 36.4 Å². The van der Waals surface area contributed by atoms with Crippen LogP contribution in [0.2, 0.25) is 0 Å². The predicted molar refractivity (Wildman–Crippen MR) is 81.9 cm³/mol. The first-order valence-electron chi connectivity index (χ1n) is 7.25. The third kappa shape index (κ3) is 2.79. The van der Waals surface area contributed by atoms with E-state index in [1.54, 1.807) is 7.05 Å². The standard InChI is InChI=1S/C16H21N3O/c1-17-16(20)19-15-6-4-14(5-7-15)18-10-13-9-11-2-3-12(13)8-11/h2-7,11-13,18H,8-10H2,1H3,(H2,17,19,20). The first kappa shape index (κ1) is 13.0. The Bertz CT molecular complexity index is 509. The number of allylic oxidation sites excluding steroid dienone is 2. The Kier molecular flexibility index (Phi) is 3.63. The van der Waals surface area contributed by atoms with Gasteiger partial charge in [-0.15, -0.1) is 0 Å². The van der Waals surface area contributed by atoms with Gasteiger partial charge in [0, 0.05) is 25.0 Å². The second-order valence-electron chi connectivity index (χ2n) is 5.70. The lowest BCUT2D eigenvalue weighted by Gasteiger charge is -2.19. The van der Waals surface area contributed by atoms with Gasteiger partial charge in [-0.3, -0.25) is 0 Å². The van der Waals surface area contributed by atoms with E-state index in [0.29, 0.717) is 0 Å². The van der Waals surface area contributed by atoms with Gasteiger partial charge in [0.1, 0.15) is 0 Å². The van der Waals surface area contributed by atoms with Crippen LogP contribution < -0.4 is 16.0 Å².